The van der Waals surface area contributed by atoms with E-state index in [4.69, 9.17) is 19.9 Å². The fourth-order valence-corrected chi connectivity index (χ4v) is 2.62. The fourth-order valence-electron chi connectivity index (χ4n) is 0.786. The topological polar surface area (TPSA) is 115 Å². The molecule has 0 unspecified atom stereocenters. The largest absolute Gasteiger partial charge is 0.504 e. The van der Waals surface area contributed by atoms with Gasteiger partial charge < -0.3 is 15.3 Å². The second-order valence-electron chi connectivity index (χ2n) is 2.38. The van der Waals surface area contributed by atoms with E-state index in [1.54, 1.807) is 0 Å². The first-order valence-corrected chi connectivity index (χ1v) is 5.68. The Morgan fingerprint density at radius 1 is 1.14 bits per heavy atom. The Bertz CT molecular complexity index is 480. The van der Waals surface area contributed by atoms with Gasteiger partial charge in [0.25, 0.3) is 10.1 Å². The highest BCUT2D eigenvalue weighted by Gasteiger charge is 2.22. The number of rotatable bonds is 1. The van der Waals surface area contributed by atoms with Crippen LogP contribution in [-0.4, -0.2) is 28.3 Å². The van der Waals surface area contributed by atoms with Gasteiger partial charge in [0.2, 0.25) is 5.75 Å². The number of phenols is 3. The number of halogens is 1. The smallest absolute Gasteiger partial charge is 0.295 e. The van der Waals surface area contributed by atoms with Crippen molar-refractivity contribution in [3.8, 4) is 17.2 Å². The maximum Gasteiger partial charge on any atom is 0.295 e. The van der Waals surface area contributed by atoms with Gasteiger partial charge in [0.1, 0.15) is 4.90 Å². The molecule has 0 bridgehead atoms. The molecule has 14 heavy (non-hydrogen) atoms. The molecule has 0 heterocycles. The number of phenolic OH excluding ortho intramolecular Hbond substituents is 3. The molecule has 8 heteroatoms. The third-order valence-corrected chi connectivity index (χ3v) is 3.77. The van der Waals surface area contributed by atoms with Gasteiger partial charge in [-0.1, -0.05) is 0 Å². The third kappa shape index (κ3) is 1.86. The van der Waals surface area contributed by atoms with Crippen LogP contribution < -0.4 is 0 Å². The van der Waals surface area contributed by atoms with Crippen molar-refractivity contribution in [2.75, 3.05) is 0 Å². The predicted molar refractivity (Wildman–Crippen MR) is 54.0 cm³/mol. The predicted octanol–water partition coefficient (Wildman–Crippen LogP) is 0.655. The maximum atomic E-state index is 10.7. The Balaban J connectivity index is 3.66. The van der Waals surface area contributed by atoms with Gasteiger partial charge >= 0.3 is 0 Å². The van der Waals surface area contributed by atoms with Crippen LogP contribution in [0.2, 0.25) is 0 Å². The average molecular weight is 332 g/mol. The van der Waals surface area contributed by atoms with Crippen LogP contribution in [0, 0.1) is 3.57 Å². The van der Waals surface area contributed by atoms with Crippen LogP contribution in [0.5, 0.6) is 17.2 Å². The summed E-state index contributed by atoms with van der Waals surface area (Å²) in [7, 11) is -4.53. The van der Waals surface area contributed by atoms with E-state index in [1.165, 1.54) is 22.6 Å². The SMILES string of the molecule is O=S(=O)(O)c1cc(O)c(O)c(O)c1I. The molecule has 0 radical (unpaired) electrons. The van der Waals surface area contributed by atoms with E-state index in [9.17, 15) is 8.42 Å². The first kappa shape index (κ1) is 11.3. The highest BCUT2D eigenvalue weighted by Crippen LogP contribution is 2.41. The summed E-state index contributed by atoms with van der Waals surface area (Å²) < 4.78 is 29.8. The molecule has 0 aliphatic rings. The van der Waals surface area contributed by atoms with Crippen LogP contribution in [0.4, 0.5) is 0 Å². The molecule has 1 rings (SSSR count). The zero-order valence-corrected chi connectivity index (χ0v) is 9.44. The van der Waals surface area contributed by atoms with E-state index < -0.39 is 32.3 Å². The third-order valence-electron chi connectivity index (χ3n) is 1.44. The quantitative estimate of drug-likeness (QED) is 0.341. The van der Waals surface area contributed by atoms with Gasteiger partial charge in [0, 0.05) is 6.07 Å². The lowest BCUT2D eigenvalue weighted by atomic mass is 10.3. The van der Waals surface area contributed by atoms with Crippen LogP contribution in [0.25, 0.3) is 0 Å². The highest BCUT2D eigenvalue weighted by molar-refractivity contribution is 14.1. The lowest BCUT2D eigenvalue weighted by Gasteiger charge is -2.06. The van der Waals surface area contributed by atoms with E-state index in [2.05, 4.69) is 0 Å². The van der Waals surface area contributed by atoms with Crippen molar-refractivity contribution in [2.24, 2.45) is 0 Å². The van der Waals surface area contributed by atoms with Gasteiger partial charge in [-0.05, 0) is 22.6 Å². The van der Waals surface area contributed by atoms with E-state index in [-0.39, 0.29) is 3.57 Å². The number of aromatic hydroxyl groups is 3. The van der Waals surface area contributed by atoms with Gasteiger partial charge in [0.05, 0.1) is 3.57 Å². The summed E-state index contributed by atoms with van der Waals surface area (Å²) in [6.07, 6.45) is 0. The van der Waals surface area contributed by atoms with Crippen molar-refractivity contribution in [1.82, 2.24) is 0 Å². The Hall–Kier alpha value is -0.740. The first-order valence-electron chi connectivity index (χ1n) is 3.16. The molecule has 0 amide bonds. The highest BCUT2D eigenvalue weighted by atomic mass is 127. The molecule has 0 fully saturated rings. The molecule has 0 aliphatic carbocycles. The van der Waals surface area contributed by atoms with Crippen LogP contribution in [0.1, 0.15) is 0 Å². The van der Waals surface area contributed by atoms with Gasteiger partial charge in [-0.25, -0.2) is 0 Å². The van der Waals surface area contributed by atoms with Gasteiger partial charge in [-0.2, -0.15) is 8.42 Å². The lowest BCUT2D eigenvalue weighted by Crippen LogP contribution is -2.01. The minimum atomic E-state index is -4.53. The standard InChI is InChI=1S/C6H5IO6S/c7-4-3(14(11,12)13)1-2(8)5(9)6(4)10/h1,8-10H,(H,11,12,13). The zero-order chi connectivity index (χ0) is 11.1. The summed E-state index contributed by atoms with van der Waals surface area (Å²) in [5, 5.41) is 27.1. The summed E-state index contributed by atoms with van der Waals surface area (Å²) >= 11 is 1.41. The summed E-state index contributed by atoms with van der Waals surface area (Å²) in [6.45, 7) is 0. The van der Waals surface area contributed by atoms with E-state index in [0.29, 0.717) is 6.07 Å². The molecule has 0 saturated heterocycles. The van der Waals surface area contributed by atoms with Crippen molar-refractivity contribution >= 4 is 32.7 Å². The summed E-state index contributed by atoms with van der Waals surface area (Å²) in [4.78, 5) is -0.661. The number of hydrogen-bond acceptors (Lipinski definition) is 5. The molecular weight excluding hydrogens is 327 g/mol. The molecule has 4 N–H and O–H groups in total. The zero-order valence-electron chi connectivity index (χ0n) is 6.47. The Morgan fingerprint density at radius 2 is 1.64 bits per heavy atom. The van der Waals surface area contributed by atoms with Gasteiger partial charge in [-0.3, -0.25) is 4.55 Å². The van der Waals surface area contributed by atoms with E-state index in [1.807, 2.05) is 0 Å². The molecule has 6 nitrogen and oxygen atoms in total. The van der Waals surface area contributed by atoms with Gasteiger partial charge in [0.15, 0.2) is 11.5 Å². The van der Waals surface area contributed by atoms with Crippen molar-refractivity contribution < 1.29 is 28.3 Å². The van der Waals surface area contributed by atoms with Crippen molar-refractivity contribution in [2.45, 2.75) is 4.90 Å². The molecular formula is C6H5IO6S. The van der Waals surface area contributed by atoms with E-state index >= 15 is 0 Å². The monoisotopic (exact) mass is 332 g/mol. The molecule has 0 aliphatic heterocycles. The lowest BCUT2D eigenvalue weighted by molar-refractivity contribution is 0.363. The molecule has 0 saturated carbocycles. The summed E-state index contributed by atoms with van der Waals surface area (Å²) in [5.41, 5.74) is 0. The summed E-state index contributed by atoms with van der Waals surface area (Å²) in [5.74, 6) is -2.45. The molecule has 0 spiro atoms. The fraction of sp³-hybridized carbons (Fsp3) is 0. The Morgan fingerprint density at radius 3 is 2.07 bits per heavy atom. The molecule has 1 aromatic rings. The summed E-state index contributed by atoms with van der Waals surface area (Å²) in [6, 6.07) is 0.645. The van der Waals surface area contributed by atoms with Crippen LogP contribution >= 0.6 is 22.6 Å². The Kier molecular flexibility index (Phi) is 2.78. The molecule has 1 aromatic carbocycles. The van der Waals surface area contributed by atoms with Gasteiger partial charge in [-0.15, -0.1) is 0 Å². The molecule has 0 atom stereocenters. The molecule has 0 aromatic heterocycles. The number of hydrogen-bond donors (Lipinski definition) is 4. The van der Waals surface area contributed by atoms with E-state index in [0.717, 1.165) is 0 Å². The average Bonchev–Trinajstić information content (AvgIpc) is 2.06. The normalized spacial score (nSPS) is 11.6. The van der Waals surface area contributed by atoms with Crippen molar-refractivity contribution in [3.05, 3.63) is 9.64 Å². The minimum Gasteiger partial charge on any atom is -0.504 e. The van der Waals surface area contributed by atoms with Crippen LogP contribution in [-0.2, 0) is 10.1 Å². The minimum absolute atomic E-state index is 0.264. The van der Waals surface area contributed by atoms with Crippen LogP contribution in [0.15, 0.2) is 11.0 Å². The van der Waals surface area contributed by atoms with Crippen molar-refractivity contribution in [3.63, 3.8) is 0 Å². The first-order chi connectivity index (χ1) is 6.25. The van der Waals surface area contributed by atoms with Crippen LogP contribution in [0.3, 0.4) is 0 Å². The number of benzene rings is 1. The maximum absolute atomic E-state index is 10.7. The second-order valence-corrected chi connectivity index (χ2v) is 4.85. The second kappa shape index (κ2) is 3.44. The Labute approximate surface area is 92.7 Å². The van der Waals surface area contributed by atoms with Crippen molar-refractivity contribution in [1.29, 1.82) is 0 Å². The molecule has 78 valence electrons.